The molecule has 2 N–H and O–H groups in total. The lowest BCUT2D eigenvalue weighted by atomic mass is 10.2. The Morgan fingerprint density at radius 2 is 1.67 bits per heavy atom. The maximum Gasteiger partial charge on any atom is 0.282 e. The molecule has 102 valence electrons. The summed E-state index contributed by atoms with van der Waals surface area (Å²) in [7, 11) is -0.254. The molecule has 18 heavy (non-hydrogen) atoms. The van der Waals surface area contributed by atoms with E-state index in [9.17, 15) is 8.42 Å². The number of benzene rings is 1. The van der Waals surface area contributed by atoms with Crippen molar-refractivity contribution in [1.82, 2.24) is 8.61 Å². The first kappa shape index (κ1) is 14.9. The smallest absolute Gasteiger partial charge is 0.282 e. The fourth-order valence-corrected chi connectivity index (χ4v) is 2.73. The van der Waals surface area contributed by atoms with E-state index in [4.69, 9.17) is 5.73 Å². The lowest BCUT2D eigenvalue weighted by molar-refractivity contribution is 0.355. The molecule has 0 heterocycles. The second kappa shape index (κ2) is 5.69. The van der Waals surface area contributed by atoms with Crippen LogP contribution in [0.2, 0.25) is 0 Å². The van der Waals surface area contributed by atoms with Gasteiger partial charge in [-0.05, 0) is 31.5 Å². The van der Waals surface area contributed by atoms with Crippen molar-refractivity contribution in [1.29, 1.82) is 0 Å². The number of nitrogens with zero attached hydrogens (tertiary/aromatic N) is 2. The minimum absolute atomic E-state index is 0.0659. The molecule has 0 saturated heterocycles. The van der Waals surface area contributed by atoms with Crippen LogP contribution in [0, 0.1) is 0 Å². The van der Waals surface area contributed by atoms with E-state index in [1.807, 2.05) is 26.0 Å². The van der Waals surface area contributed by atoms with Gasteiger partial charge in [-0.3, -0.25) is 0 Å². The molecule has 0 aliphatic rings. The van der Waals surface area contributed by atoms with Gasteiger partial charge in [-0.2, -0.15) is 17.0 Å². The van der Waals surface area contributed by atoms with Crippen molar-refractivity contribution in [3.63, 3.8) is 0 Å². The molecule has 0 aromatic heterocycles. The summed E-state index contributed by atoms with van der Waals surface area (Å²) in [6.07, 6.45) is 0. The molecule has 0 aliphatic heterocycles. The van der Waals surface area contributed by atoms with Gasteiger partial charge in [0.05, 0.1) is 0 Å². The Morgan fingerprint density at radius 1 is 1.17 bits per heavy atom. The largest absolute Gasteiger partial charge is 0.399 e. The Morgan fingerprint density at radius 3 is 2.11 bits per heavy atom. The number of hydrogen-bond acceptors (Lipinski definition) is 3. The Labute approximate surface area is 109 Å². The molecule has 0 radical (unpaired) electrons. The number of hydrogen-bond donors (Lipinski definition) is 1. The van der Waals surface area contributed by atoms with Crippen molar-refractivity contribution in [3.05, 3.63) is 29.8 Å². The van der Waals surface area contributed by atoms with Crippen LogP contribution >= 0.6 is 0 Å². The summed E-state index contributed by atoms with van der Waals surface area (Å²) < 4.78 is 27.0. The zero-order valence-electron chi connectivity index (χ0n) is 11.3. The molecule has 0 spiro atoms. The van der Waals surface area contributed by atoms with Gasteiger partial charge in [-0.25, -0.2) is 0 Å². The summed E-state index contributed by atoms with van der Waals surface area (Å²) in [5.41, 5.74) is 7.17. The SMILES string of the molecule is CC(C)N(C)S(=O)(=O)N(C)Cc1ccc(N)cc1. The van der Waals surface area contributed by atoms with E-state index >= 15 is 0 Å². The second-order valence-electron chi connectivity index (χ2n) is 4.62. The fraction of sp³-hybridized carbons (Fsp3) is 0.500. The monoisotopic (exact) mass is 271 g/mol. The molecular formula is C12H21N3O2S. The molecular weight excluding hydrogens is 250 g/mol. The van der Waals surface area contributed by atoms with Crippen molar-refractivity contribution in [3.8, 4) is 0 Å². The maximum absolute atomic E-state index is 12.2. The molecule has 0 amide bonds. The molecule has 6 heteroatoms. The highest BCUT2D eigenvalue weighted by Gasteiger charge is 2.25. The van der Waals surface area contributed by atoms with Crippen LogP contribution in [0.5, 0.6) is 0 Å². The third-order valence-electron chi connectivity index (χ3n) is 2.87. The van der Waals surface area contributed by atoms with E-state index in [2.05, 4.69) is 0 Å². The van der Waals surface area contributed by atoms with Crippen molar-refractivity contribution in [2.75, 3.05) is 19.8 Å². The second-order valence-corrected chi connectivity index (χ2v) is 6.71. The summed E-state index contributed by atoms with van der Waals surface area (Å²) in [4.78, 5) is 0. The molecule has 0 saturated carbocycles. The highest BCUT2D eigenvalue weighted by molar-refractivity contribution is 7.86. The predicted molar refractivity (Wildman–Crippen MR) is 74.1 cm³/mol. The van der Waals surface area contributed by atoms with Gasteiger partial charge in [0, 0.05) is 32.4 Å². The van der Waals surface area contributed by atoms with E-state index in [0.717, 1.165) is 5.56 Å². The number of rotatable bonds is 5. The van der Waals surface area contributed by atoms with Gasteiger partial charge in [-0.1, -0.05) is 12.1 Å². The van der Waals surface area contributed by atoms with E-state index in [0.29, 0.717) is 12.2 Å². The van der Waals surface area contributed by atoms with Gasteiger partial charge in [0.1, 0.15) is 0 Å². The molecule has 0 unspecified atom stereocenters. The molecule has 1 rings (SSSR count). The zero-order valence-corrected chi connectivity index (χ0v) is 12.1. The van der Waals surface area contributed by atoms with Crippen LogP contribution in [0.15, 0.2) is 24.3 Å². The maximum atomic E-state index is 12.2. The summed E-state index contributed by atoms with van der Waals surface area (Å²) in [5, 5.41) is 0. The lowest BCUT2D eigenvalue weighted by Gasteiger charge is -2.27. The molecule has 1 aromatic carbocycles. The first-order valence-electron chi connectivity index (χ1n) is 5.79. The summed E-state index contributed by atoms with van der Waals surface area (Å²) in [5.74, 6) is 0. The van der Waals surface area contributed by atoms with Crippen LogP contribution in [-0.2, 0) is 16.8 Å². The van der Waals surface area contributed by atoms with Gasteiger partial charge in [-0.15, -0.1) is 0 Å². The third-order valence-corrected chi connectivity index (χ3v) is 4.94. The third kappa shape index (κ3) is 3.44. The highest BCUT2D eigenvalue weighted by Crippen LogP contribution is 2.13. The average molecular weight is 271 g/mol. The van der Waals surface area contributed by atoms with Gasteiger partial charge >= 0.3 is 0 Å². The molecule has 0 fully saturated rings. The highest BCUT2D eigenvalue weighted by atomic mass is 32.2. The number of nitrogen functional groups attached to an aromatic ring is 1. The topological polar surface area (TPSA) is 66.6 Å². The van der Waals surface area contributed by atoms with Crippen LogP contribution < -0.4 is 5.73 Å². The molecule has 0 bridgehead atoms. The van der Waals surface area contributed by atoms with Crippen molar-refractivity contribution in [2.24, 2.45) is 0 Å². The van der Waals surface area contributed by atoms with Gasteiger partial charge in [0.25, 0.3) is 10.2 Å². The molecule has 0 atom stereocenters. The van der Waals surface area contributed by atoms with Crippen LogP contribution in [0.4, 0.5) is 5.69 Å². The van der Waals surface area contributed by atoms with E-state index in [-0.39, 0.29) is 6.04 Å². The quantitative estimate of drug-likeness (QED) is 0.821. The summed E-state index contributed by atoms with van der Waals surface area (Å²) in [6, 6.07) is 7.13. The van der Waals surface area contributed by atoms with Crippen molar-refractivity contribution < 1.29 is 8.42 Å². The minimum atomic E-state index is -3.41. The average Bonchev–Trinajstić information content (AvgIpc) is 2.30. The van der Waals surface area contributed by atoms with E-state index in [1.165, 1.54) is 8.61 Å². The number of anilines is 1. The number of nitrogens with two attached hydrogens (primary N) is 1. The molecule has 1 aromatic rings. The van der Waals surface area contributed by atoms with E-state index in [1.54, 1.807) is 26.2 Å². The minimum Gasteiger partial charge on any atom is -0.399 e. The standard InChI is InChI=1S/C12H21N3O2S/c1-10(2)15(4)18(16,17)14(3)9-11-5-7-12(13)8-6-11/h5-8,10H,9,13H2,1-4H3. The first-order chi connectivity index (χ1) is 8.25. The van der Waals surface area contributed by atoms with Gasteiger partial charge in [0.2, 0.25) is 0 Å². The first-order valence-corrected chi connectivity index (χ1v) is 7.18. The zero-order chi connectivity index (χ0) is 13.9. The Bertz CT molecular complexity index is 483. The van der Waals surface area contributed by atoms with Crippen LogP contribution in [0.3, 0.4) is 0 Å². The molecule has 5 nitrogen and oxygen atoms in total. The Kier molecular flexibility index (Phi) is 4.72. The van der Waals surface area contributed by atoms with Crippen LogP contribution in [0.25, 0.3) is 0 Å². The normalized spacial score (nSPS) is 12.6. The molecule has 0 aliphatic carbocycles. The van der Waals surface area contributed by atoms with Crippen molar-refractivity contribution >= 4 is 15.9 Å². The Balaban J connectivity index is 2.82. The fourth-order valence-electron chi connectivity index (χ4n) is 1.45. The van der Waals surface area contributed by atoms with Crippen LogP contribution in [0.1, 0.15) is 19.4 Å². The van der Waals surface area contributed by atoms with Crippen LogP contribution in [-0.4, -0.2) is 37.2 Å². The predicted octanol–water partition coefficient (Wildman–Crippen LogP) is 1.29. The summed E-state index contributed by atoms with van der Waals surface area (Å²) >= 11 is 0. The lowest BCUT2D eigenvalue weighted by Crippen LogP contribution is -2.42. The Hall–Kier alpha value is -1.11. The van der Waals surface area contributed by atoms with Crippen molar-refractivity contribution in [2.45, 2.75) is 26.4 Å². The van der Waals surface area contributed by atoms with Gasteiger partial charge in [0.15, 0.2) is 0 Å². The summed E-state index contributed by atoms with van der Waals surface area (Å²) in [6.45, 7) is 4.02. The van der Waals surface area contributed by atoms with E-state index < -0.39 is 10.2 Å². The van der Waals surface area contributed by atoms with Gasteiger partial charge < -0.3 is 5.73 Å².